The summed E-state index contributed by atoms with van der Waals surface area (Å²) in [6.45, 7) is 0. The van der Waals surface area contributed by atoms with E-state index in [2.05, 4.69) is 16.0 Å². The summed E-state index contributed by atoms with van der Waals surface area (Å²) in [4.78, 5) is 51.4. The van der Waals surface area contributed by atoms with Crippen molar-refractivity contribution in [1.29, 1.82) is 0 Å². The van der Waals surface area contributed by atoms with Crippen LogP contribution in [0.15, 0.2) is 54.6 Å². The number of hydrogen-bond acceptors (Lipinski definition) is 8. The molecule has 40 heavy (non-hydrogen) atoms. The number of nitrogens with two attached hydrogens (primary N) is 1. The van der Waals surface area contributed by atoms with Crippen LogP contribution in [0.4, 0.5) is 0 Å². The lowest BCUT2D eigenvalue weighted by Gasteiger charge is -2.25. The molecular weight excluding hydrogens is 552 g/mol. The summed E-state index contributed by atoms with van der Waals surface area (Å²) in [6, 6.07) is 11.1. The van der Waals surface area contributed by atoms with Gasteiger partial charge in [0.25, 0.3) is 0 Å². The maximum Gasteiger partial charge on any atom is 0.326 e. The van der Waals surface area contributed by atoms with Gasteiger partial charge in [0.05, 0.1) is 6.04 Å². The minimum Gasteiger partial charge on any atom is -0.508 e. The monoisotopic (exact) mass is 590 g/mol. The second-order valence-corrected chi connectivity index (χ2v) is 11.2. The van der Waals surface area contributed by atoms with E-state index < -0.39 is 47.9 Å². The molecular formula is C28H38N4O6S2. The second-order valence-electron chi connectivity index (χ2n) is 9.25. The SMILES string of the molecule is CSCCC(N)C(=O)NC(Cc1ccc(O)cc1)C(=O)NC(Cc1ccccc1)C(=O)NC(CCSC)C(=O)O. The molecule has 0 aliphatic carbocycles. The van der Waals surface area contributed by atoms with E-state index in [9.17, 15) is 29.4 Å². The van der Waals surface area contributed by atoms with Crippen LogP contribution in [0.3, 0.4) is 0 Å². The highest BCUT2D eigenvalue weighted by molar-refractivity contribution is 7.98. The molecule has 218 valence electrons. The van der Waals surface area contributed by atoms with Gasteiger partial charge < -0.3 is 31.9 Å². The van der Waals surface area contributed by atoms with Crippen molar-refractivity contribution < 1.29 is 29.4 Å². The summed E-state index contributed by atoms with van der Waals surface area (Å²) in [5, 5.41) is 27.2. The molecule has 10 nitrogen and oxygen atoms in total. The fourth-order valence-corrected chi connectivity index (χ4v) is 4.79. The van der Waals surface area contributed by atoms with Crippen molar-refractivity contribution in [3.63, 3.8) is 0 Å². The molecule has 0 fully saturated rings. The van der Waals surface area contributed by atoms with Crippen molar-refractivity contribution in [3.05, 3.63) is 65.7 Å². The Morgan fingerprint density at radius 3 is 1.73 bits per heavy atom. The number of carboxylic acid groups (broad SMARTS) is 1. The van der Waals surface area contributed by atoms with Gasteiger partial charge in [-0.15, -0.1) is 0 Å². The first-order valence-electron chi connectivity index (χ1n) is 12.8. The molecule has 4 unspecified atom stereocenters. The molecule has 4 atom stereocenters. The molecule has 3 amide bonds. The minimum absolute atomic E-state index is 0.0573. The van der Waals surface area contributed by atoms with E-state index in [1.807, 2.05) is 18.6 Å². The van der Waals surface area contributed by atoms with Crippen LogP contribution in [-0.4, -0.2) is 82.1 Å². The average molecular weight is 591 g/mol. The molecule has 0 heterocycles. The van der Waals surface area contributed by atoms with Crippen LogP contribution in [0.2, 0.25) is 0 Å². The number of aliphatic carboxylic acids is 1. The molecule has 2 aromatic rings. The van der Waals surface area contributed by atoms with Gasteiger partial charge in [-0.1, -0.05) is 42.5 Å². The molecule has 7 N–H and O–H groups in total. The van der Waals surface area contributed by atoms with Crippen LogP contribution in [-0.2, 0) is 32.0 Å². The number of aromatic hydroxyl groups is 1. The van der Waals surface area contributed by atoms with E-state index in [1.54, 1.807) is 48.2 Å². The molecule has 0 aliphatic heterocycles. The predicted molar refractivity (Wildman–Crippen MR) is 159 cm³/mol. The first-order valence-corrected chi connectivity index (χ1v) is 15.6. The van der Waals surface area contributed by atoms with Crippen molar-refractivity contribution in [2.75, 3.05) is 24.0 Å². The summed E-state index contributed by atoms with van der Waals surface area (Å²) in [7, 11) is 0. The highest BCUT2D eigenvalue weighted by Gasteiger charge is 2.30. The van der Waals surface area contributed by atoms with Crippen LogP contribution < -0.4 is 21.7 Å². The predicted octanol–water partition coefficient (Wildman–Crippen LogP) is 1.55. The van der Waals surface area contributed by atoms with E-state index in [4.69, 9.17) is 5.73 Å². The largest absolute Gasteiger partial charge is 0.508 e. The fraction of sp³-hybridized carbons (Fsp3) is 0.429. The Morgan fingerprint density at radius 1 is 0.725 bits per heavy atom. The lowest BCUT2D eigenvalue weighted by atomic mass is 10.0. The number of phenolic OH excluding ortho intramolecular Hbond substituents is 1. The number of benzene rings is 2. The minimum atomic E-state index is -1.16. The van der Waals surface area contributed by atoms with Gasteiger partial charge in [0.2, 0.25) is 17.7 Å². The van der Waals surface area contributed by atoms with Gasteiger partial charge in [-0.3, -0.25) is 14.4 Å². The van der Waals surface area contributed by atoms with Gasteiger partial charge in [-0.2, -0.15) is 23.5 Å². The third kappa shape index (κ3) is 11.5. The summed E-state index contributed by atoms with van der Waals surface area (Å²) in [5.74, 6) is -1.66. The molecule has 2 aromatic carbocycles. The Morgan fingerprint density at radius 2 is 1.20 bits per heavy atom. The number of phenols is 1. The van der Waals surface area contributed by atoms with E-state index in [-0.39, 0.29) is 25.0 Å². The summed E-state index contributed by atoms with van der Waals surface area (Å²) in [6.07, 6.45) is 4.58. The molecule has 0 aliphatic rings. The molecule has 0 saturated heterocycles. The summed E-state index contributed by atoms with van der Waals surface area (Å²) >= 11 is 3.01. The van der Waals surface area contributed by atoms with E-state index in [0.29, 0.717) is 23.5 Å². The zero-order chi connectivity index (χ0) is 29.5. The van der Waals surface area contributed by atoms with Crippen molar-refractivity contribution in [1.82, 2.24) is 16.0 Å². The molecule has 0 radical (unpaired) electrons. The highest BCUT2D eigenvalue weighted by atomic mass is 32.2. The van der Waals surface area contributed by atoms with Gasteiger partial charge >= 0.3 is 5.97 Å². The lowest BCUT2D eigenvalue weighted by Crippen LogP contribution is -2.58. The smallest absolute Gasteiger partial charge is 0.326 e. The maximum absolute atomic E-state index is 13.6. The van der Waals surface area contributed by atoms with Gasteiger partial charge in [0.1, 0.15) is 23.9 Å². The third-order valence-corrected chi connectivity index (χ3v) is 7.41. The zero-order valence-corrected chi connectivity index (χ0v) is 24.3. The van der Waals surface area contributed by atoms with Crippen molar-refractivity contribution in [3.8, 4) is 5.75 Å². The normalized spacial score (nSPS) is 13.9. The van der Waals surface area contributed by atoms with Gasteiger partial charge in [0.15, 0.2) is 0 Å². The summed E-state index contributed by atoms with van der Waals surface area (Å²) < 4.78 is 0. The Hall–Kier alpha value is -3.22. The molecule has 0 saturated carbocycles. The summed E-state index contributed by atoms with van der Waals surface area (Å²) in [5.41, 5.74) is 7.46. The van der Waals surface area contributed by atoms with Crippen molar-refractivity contribution >= 4 is 47.2 Å². The fourth-order valence-electron chi connectivity index (χ4n) is 3.83. The van der Waals surface area contributed by atoms with Gasteiger partial charge in [0, 0.05) is 12.8 Å². The number of carboxylic acids is 1. The third-order valence-electron chi connectivity index (χ3n) is 6.12. The van der Waals surface area contributed by atoms with E-state index in [1.165, 1.54) is 23.9 Å². The van der Waals surface area contributed by atoms with Crippen LogP contribution in [0, 0.1) is 0 Å². The first kappa shape index (κ1) is 33.0. The topological polar surface area (TPSA) is 171 Å². The Labute approximate surface area is 243 Å². The Bertz CT molecular complexity index is 1100. The van der Waals surface area contributed by atoms with Crippen molar-refractivity contribution in [2.24, 2.45) is 5.73 Å². The van der Waals surface area contributed by atoms with Gasteiger partial charge in [-0.05, 0) is 60.1 Å². The number of hydrogen-bond donors (Lipinski definition) is 6. The zero-order valence-electron chi connectivity index (χ0n) is 22.7. The average Bonchev–Trinajstić information content (AvgIpc) is 2.94. The molecule has 0 spiro atoms. The first-order chi connectivity index (χ1) is 19.1. The van der Waals surface area contributed by atoms with Crippen LogP contribution in [0.5, 0.6) is 5.75 Å². The van der Waals surface area contributed by atoms with Crippen LogP contribution in [0.25, 0.3) is 0 Å². The number of carbonyl (C=O) groups is 4. The maximum atomic E-state index is 13.6. The molecule has 0 bridgehead atoms. The highest BCUT2D eigenvalue weighted by Crippen LogP contribution is 2.13. The van der Waals surface area contributed by atoms with E-state index >= 15 is 0 Å². The second kappa shape index (κ2) is 17.5. The number of amides is 3. The molecule has 0 aromatic heterocycles. The molecule has 12 heteroatoms. The molecule has 2 rings (SSSR count). The number of carbonyl (C=O) groups excluding carboxylic acids is 3. The van der Waals surface area contributed by atoms with Crippen molar-refractivity contribution in [2.45, 2.75) is 49.9 Å². The number of thioether (sulfide) groups is 2. The Kier molecular flexibility index (Phi) is 14.4. The Balaban J connectivity index is 2.29. The van der Waals surface area contributed by atoms with Gasteiger partial charge in [-0.25, -0.2) is 4.79 Å². The van der Waals surface area contributed by atoms with E-state index in [0.717, 1.165) is 5.56 Å². The quantitative estimate of drug-likeness (QED) is 0.160. The van der Waals surface area contributed by atoms with Crippen LogP contribution >= 0.6 is 23.5 Å². The standard InChI is InChI=1S/C28H38N4O6S2/c1-39-14-12-21(29)25(34)31-23(17-19-8-10-20(33)11-9-19)27(36)32-24(16-18-6-4-3-5-7-18)26(35)30-22(28(37)38)13-15-40-2/h3-11,21-24,33H,12-17,29H2,1-2H3,(H,30,35)(H,31,34)(H,32,36)(H,37,38). The van der Waals surface area contributed by atoms with Crippen LogP contribution in [0.1, 0.15) is 24.0 Å². The lowest BCUT2D eigenvalue weighted by molar-refractivity contribution is -0.142. The number of rotatable bonds is 17. The number of nitrogens with one attached hydrogen (secondary N) is 3.